The maximum Gasteiger partial charge on any atom is 0.573 e. The highest BCUT2D eigenvalue weighted by atomic mass is 19.4. The summed E-state index contributed by atoms with van der Waals surface area (Å²) in [6.07, 6.45) is -4.69. The minimum Gasteiger partial charge on any atom is -0.457 e. The van der Waals surface area contributed by atoms with Crippen LogP contribution in [0.1, 0.15) is 5.56 Å². The van der Waals surface area contributed by atoms with E-state index in [4.69, 9.17) is 4.74 Å². The van der Waals surface area contributed by atoms with E-state index in [1.54, 1.807) is 0 Å². The molecule has 0 spiro atoms. The van der Waals surface area contributed by atoms with Gasteiger partial charge in [0.15, 0.2) is 0 Å². The smallest absolute Gasteiger partial charge is 0.457 e. The van der Waals surface area contributed by atoms with Crippen molar-refractivity contribution in [3.8, 4) is 17.2 Å². The van der Waals surface area contributed by atoms with Crippen molar-refractivity contribution >= 4 is 5.69 Å². The van der Waals surface area contributed by atoms with Crippen molar-refractivity contribution in [2.45, 2.75) is 13.3 Å². The van der Waals surface area contributed by atoms with Gasteiger partial charge in [0.05, 0.1) is 0 Å². The molecule has 0 aliphatic heterocycles. The molecule has 2 rings (SSSR count). The zero-order valence-corrected chi connectivity index (χ0v) is 12.4. The Labute approximate surface area is 126 Å². The van der Waals surface area contributed by atoms with Crippen LogP contribution in [0.2, 0.25) is 0 Å². The summed E-state index contributed by atoms with van der Waals surface area (Å²) >= 11 is 0. The van der Waals surface area contributed by atoms with Crippen LogP contribution in [-0.4, -0.2) is 20.5 Å². The average Bonchev–Trinajstić information content (AvgIpc) is 2.41. The zero-order valence-electron chi connectivity index (χ0n) is 12.4. The maximum atomic E-state index is 12.1. The lowest BCUT2D eigenvalue weighted by Crippen LogP contribution is -2.16. The van der Waals surface area contributed by atoms with E-state index in [9.17, 15) is 13.2 Å². The Bertz CT molecular complexity index is 637. The van der Waals surface area contributed by atoms with Crippen LogP contribution in [0.25, 0.3) is 0 Å². The highest BCUT2D eigenvalue weighted by Crippen LogP contribution is 2.30. The van der Waals surface area contributed by atoms with E-state index in [-0.39, 0.29) is 5.75 Å². The predicted molar refractivity (Wildman–Crippen MR) is 78.7 cm³/mol. The molecule has 22 heavy (non-hydrogen) atoms. The summed E-state index contributed by atoms with van der Waals surface area (Å²) in [6, 6.07) is 11.0. The molecule has 0 atom stereocenters. The normalized spacial score (nSPS) is 11.2. The molecule has 0 saturated heterocycles. The van der Waals surface area contributed by atoms with Gasteiger partial charge in [0.1, 0.15) is 17.2 Å². The van der Waals surface area contributed by atoms with Gasteiger partial charge >= 0.3 is 6.36 Å². The van der Waals surface area contributed by atoms with E-state index in [1.807, 2.05) is 44.1 Å². The molecule has 3 nitrogen and oxygen atoms in total. The molecule has 118 valence electrons. The Kier molecular flexibility index (Phi) is 4.49. The van der Waals surface area contributed by atoms with E-state index < -0.39 is 6.36 Å². The molecule has 0 aliphatic carbocycles. The number of benzene rings is 2. The summed E-state index contributed by atoms with van der Waals surface area (Å²) in [5, 5.41) is 0. The van der Waals surface area contributed by atoms with Gasteiger partial charge in [-0.1, -0.05) is 0 Å². The van der Waals surface area contributed by atoms with Gasteiger partial charge in [-0.3, -0.25) is 0 Å². The molecule has 0 fully saturated rings. The van der Waals surface area contributed by atoms with Crippen LogP contribution in [-0.2, 0) is 0 Å². The third kappa shape index (κ3) is 4.31. The molecule has 6 heteroatoms. The fourth-order valence-corrected chi connectivity index (χ4v) is 1.86. The number of hydrogen-bond acceptors (Lipinski definition) is 3. The zero-order chi connectivity index (χ0) is 16.3. The summed E-state index contributed by atoms with van der Waals surface area (Å²) in [5.74, 6) is 0.810. The third-order valence-electron chi connectivity index (χ3n) is 2.96. The quantitative estimate of drug-likeness (QED) is 0.813. The molecule has 0 aromatic heterocycles. The third-order valence-corrected chi connectivity index (χ3v) is 2.96. The van der Waals surface area contributed by atoms with Gasteiger partial charge in [0.2, 0.25) is 0 Å². The SMILES string of the molecule is Cc1cc(N(C)C)ccc1Oc1ccc(OC(F)(F)F)cc1. The Hall–Kier alpha value is -2.37. The highest BCUT2D eigenvalue weighted by Gasteiger charge is 2.30. The minimum absolute atomic E-state index is 0.278. The Morgan fingerprint density at radius 1 is 0.909 bits per heavy atom. The van der Waals surface area contributed by atoms with E-state index in [0.717, 1.165) is 11.3 Å². The lowest BCUT2D eigenvalue weighted by atomic mass is 10.2. The topological polar surface area (TPSA) is 21.7 Å². The van der Waals surface area contributed by atoms with Crippen molar-refractivity contribution in [3.63, 3.8) is 0 Å². The Balaban J connectivity index is 2.11. The predicted octanol–water partition coefficient (Wildman–Crippen LogP) is 4.75. The molecular weight excluding hydrogens is 295 g/mol. The van der Waals surface area contributed by atoms with Crippen molar-refractivity contribution in [1.82, 2.24) is 0 Å². The standard InChI is InChI=1S/C16H16F3NO2/c1-11-10-12(20(2)3)4-9-15(11)21-13-5-7-14(8-6-13)22-16(17,18)19/h4-10H,1-3H3. The van der Waals surface area contributed by atoms with Crippen LogP contribution in [0, 0.1) is 6.92 Å². The fraction of sp³-hybridized carbons (Fsp3) is 0.250. The number of alkyl halides is 3. The summed E-state index contributed by atoms with van der Waals surface area (Å²) < 4.78 is 45.7. The number of nitrogens with zero attached hydrogens (tertiary/aromatic N) is 1. The average molecular weight is 311 g/mol. The van der Waals surface area contributed by atoms with Crippen LogP contribution in [0.15, 0.2) is 42.5 Å². The molecule has 0 N–H and O–H groups in total. The summed E-state index contributed by atoms with van der Waals surface area (Å²) in [6.45, 7) is 1.91. The molecule has 0 bridgehead atoms. The van der Waals surface area contributed by atoms with Crippen LogP contribution < -0.4 is 14.4 Å². The van der Waals surface area contributed by atoms with Gasteiger partial charge in [0, 0.05) is 19.8 Å². The van der Waals surface area contributed by atoms with E-state index in [0.29, 0.717) is 11.5 Å². The minimum atomic E-state index is -4.69. The second kappa shape index (κ2) is 6.17. The first-order valence-electron chi connectivity index (χ1n) is 6.56. The maximum absolute atomic E-state index is 12.1. The Morgan fingerprint density at radius 2 is 1.50 bits per heavy atom. The molecule has 0 amide bonds. The molecule has 0 radical (unpaired) electrons. The molecule has 2 aromatic rings. The van der Waals surface area contributed by atoms with Crippen LogP contribution in [0.5, 0.6) is 17.2 Å². The van der Waals surface area contributed by atoms with Crippen LogP contribution >= 0.6 is 0 Å². The lowest BCUT2D eigenvalue weighted by Gasteiger charge is -2.15. The molecule has 0 unspecified atom stereocenters. The lowest BCUT2D eigenvalue weighted by molar-refractivity contribution is -0.274. The van der Waals surface area contributed by atoms with Gasteiger partial charge < -0.3 is 14.4 Å². The summed E-state index contributed by atoms with van der Waals surface area (Å²) in [7, 11) is 3.88. The first-order chi connectivity index (χ1) is 10.2. The van der Waals surface area contributed by atoms with E-state index >= 15 is 0 Å². The van der Waals surface area contributed by atoms with Crippen molar-refractivity contribution in [2.24, 2.45) is 0 Å². The first-order valence-corrected chi connectivity index (χ1v) is 6.56. The number of hydrogen-bond donors (Lipinski definition) is 0. The number of aryl methyl sites for hydroxylation is 1. The number of halogens is 3. The molecule has 2 aromatic carbocycles. The molecule has 0 saturated carbocycles. The van der Waals surface area contributed by atoms with Crippen LogP contribution in [0.4, 0.5) is 18.9 Å². The Morgan fingerprint density at radius 3 is 2.00 bits per heavy atom. The number of ether oxygens (including phenoxy) is 2. The van der Waals surface area contributed by atoms with Crippen molar-refractivity contribution in [2.75, 3.05) is 19.0 Å². The molecule has 0 aliphatic rings. The van der Waals surface area contributed by atoms with Gasteiger partial charge in [0.25, 0.3) is 0 Å². The van der Waals surface area contributed by atoms with Crippen molar-refractivity contribution < 1.29 is 22.6 Å². The fourth-order valence-electron chi connectivity index (χ4n) is 1.86. The summed E-state index contributed by atoms with van der Waals surface area (Å²) in [4.78, 5) is 1.97. The van der Waals surface area contributed by atoms with Crippen LogP contribution in [0.3, 0.4) is 0 Å². The first kappa shape index (κ1) is 16.0. The van der Waals surface area contributed by atoms with Gasteiger partial charge in [-0.2, -0.15) is 0 Å². The largest absolute Gasteiger partial charge is 0.573 e. The monoisotopic (exact) mass is 311 g/mol. The van der Waals surface area contributed by atoms with Gasteiger partial charge in [-0.25, -0.2) is 0 Å². The highest BCUT2D eigenvalue weighted by molar-refractivity contribution is 5.52. The molecular formula is C16H16F3NO2. The van der Waals surface area contributed by atoms with Crippen molar-refractivity contribution in [3.05, 3.63) is 48.0 Å². The number of anilines is 1. The second-order valence-electron chi connectivity index (χ2n) is 4.97. The second-order valence-corrected chi connectivity index (χ2v) is 4.97. The molecule has 0 heterocycles. The number of rotatable bonds is 4. The van der Waals surface area contributed by atoms with E-state index in [2.05, 4.69) is 4.74 Å². The van der Waals surface area contributed by atoms with Gasteiger partial charge in [-0.05, 0) is 55.0 Å². The van der Waals surface area contributed by atoms with Crippen molar-refractivity contribution in [1.29, 1.82) is 0 Å². The van der Waals surface area contributed by atoms with Gasteiger partial charge in [-0.15, -0.1) is 13.2 Å². The van der Waals surface area contributed by atoms with E-state index in [1.165, 1.54) is 24.3 Å². The summed E-state index contributed by atoms with van der Waals surface area (Å²) in [5.41, 5.74) is 1.97.